The normalized spacial score (nSPS) is 12.1. The molecule has 7 nitrogen and oxygen atoms in total. The number of nitrogens with zero attached hydrogens (tertiary/aromatic N) is 1. The van der Waals surface area contributed by atoms with Gasteiger partial charge < -0.3 is 14.8 Å². The van der Waals surface area contributed by atoms with Crippen LogP contribution in [0.15, 0.2) is 48.5 Å². The van der Waals surface area contributed by atoms with Crippen LogP contribution in [0.3, 0.4) is 0 Å². The smallest absolute Gasteiger partial charge is 0.232 e. The van der Waals surface area contributed by atoms with Crippen molar-refractivity contribution in [3.8, 4) is 11.5 Å². The summed E-state index contributed by atoms with van der Waals surface area (Å²) in [6, 6.07) is 14.5. The molecular formula is C23H32N2O5S. The number of carbonyl (C=O) groups excluding carboxylic acids is 1. The molecule has 0 heterocycles. The maximum Gasteiger partial charge on any atom is 0.232 e. The van der Waals surface area contributed by atoms with Crippen molar-refractivity contribution in [2.45, 2.75) is 39.2 Å². The fourth-order valence-corrected chi connectivity index (χ4v) is 4.28. The lowest BCUT2D eigenvalue weighted by molar-refractivity contribution is -0.121. The predicted octanol–water partition coefficient (Wildman–Crippen LogP) is 3.91. The molecule has 8 heteroatoms. The van der Waals surface area contributed by atoms with Crippen LogP contribution in [0.5, 0.6) is 11.5 Å². The minimum Gasteiger partial charge on any atom is -0.497 e. The molecular weight excluding hydrogens is 416 g/mol. The van der Waals surface area contributed by atoms with Gasteiger partial charge in [0.2, 0.25) is 15.9 Å². The van der Waals surface area contributed by atoms with E-state index in [1.54, 1.807) is 31.4 Å². The number of anilines is 1. The van der Waals surface area contributed by atoms with Gasteiger partial charge in [-0.05, 0) is 49.6 Å². The maximum atomic E-state index is 12.5. The molecule has 2 aromatic carbocycles. The second kappa shape index (κ2) is 11.6. The largest absolute Gasteiger partial charge is 0.497 e. The Labute approximate surface area is 185 Å². The van der Waals surface area contributed by atoms with Crippen molar-refractivity contribution in [3.63, 3.8) is 0 Å². The highest BCUT2D eigenvalue weighted by Crippen LogP contribution is 2.30. The zero-order valence-electron chi connectivity index (χ0n) is 18.6. The summed E-state index contributed by atoms with van der Waals surface area (Å²) >= 11 is 0. The molecule has 0 aliphatic heterocycles. The Balaban J connectivity index is 2.01. The molecule has 0 bridgehead atoms. The molecule has 0 aromatic heterocycles. The number of carbonyl (C=O) groups is 1. The van der Waals surface area contributed by atoms with E-state index in [1.807, 2.05) is 38.1 Å². The Morgan fingerprint density at radius 3 is 2.35 bits per heavy atom. The van der Waals surface area contributed by atoms with E-state index in [0.29, 0.717) is 24.5 Å². The molecule has 0 saturated carbocycles. The fourth-order valence-electron chi connectivity index (χ4n) is 3.31. The second-order valence-corrected chi connectivity index (χ2v) is 9.05. The summed E-state index contributed by atoms with van der Waals surface area (Å²) < 4.78 is 36.8. The van der Waals surface area contributed by atoms with Crippen LogP contribution in [0.1, 0.15) is 44.7 Å². The number of amides is 1. The number of para-hydroxylation sites is 2. The highest BCUT2D eigenvalue weighted by atomic mass is 32.2. The molecule has 1 unspecified atom stereocenters. The molecule has 31 heavy (non-hydrogen) atoms. The van der Waals surface area contributed by atoms with E-state index in [9.17, 15) is 13.2 Å². The molecule has 1 amide bonds. The van der Waals surface area contributed by atoms with Gasteiger partial charge in [-0.1, -0.05) is 31.2 Å². The third kappa shape index (κ3) is 7.17. The minimum atomic E-state index is -3.52. The first kappa shape index (κ1) is 24.5. The second-order valence-electron chi connectivity index (χ2n) is 7.14. The van der Waals surface area contributed by atoms with E-state index in [4.69, 9.17) is 9.47 Å². The van der Waals surface area contributed by atoms with E-state index >= 15 is 0 Å². The molecule has 0 saturated heterocycles. The number of methoxy groups -OCH3 is 1. The SMILES string of the molecule is CCOc1ccccc1N(CCCC(=O)NC(CC)c1ccc(OC)cc1)S(C)(=O)=O. The van der Waals surface area contributed by atoms with Gasteiger partial charge in [-0.15, -0.1) is 0 Å². The standard InChI is InChI=1S/C23H32N2O5S/c1-5-20(18-13-15-19(29-3)16-14-18)24-23(26)12-9-17-25(31(4,27)28)21-10-7-8-11-22(21)30-6-2/h7-8,10-11,13-16,20H,5-6,9,12,17H2,1-4H3,(H,24,26). The quantitative estimate of drug-likeness (QED) is 0.532. The molecule has 1 N–H and O–H groups in total. The Kier molecular flexibility index (Phi) is 9.18. The maximum absolute atomic E-state index is 12.5. The van der Waals surface area contributed by atoms with E-state index in [2.05, 4.69) is 5.32 Å². The van der Waals surface area contributed by atoms with Crippen LogP contribution in [-0.2, 0) is 14.8 Å². The summed E-state index contributed by atoms with van der Waals surface area (Å²) in [5.74, 6) is 1.15. The number of sulfonamides is 1. The highest BCUT2D eigenvalue weighted by molar-refractivity contribution is 7.92. The van der Waals surface area contributed by atoms with Crippen molar-refractivity contribution in [1.82, 2.24) is 5.32 Å². The van der Waals surface area contributed by atoms with Crippen molar-refractivity contribution in [3.05, 3.63) is 54.1 Å². The average Bonchev–Trinajstić information content (AvgIpc) is 2.75. The van der Waals surface area contributed by atoms with Crippen LogP contribution >= 0.6 is 0 Å². The summed E-state index contributed by atoms with van der Waals surface area (Å²) in [6.45, 7) is 4.47. The van der Waals surface area contributed by atoms with Crippen molar-refractivity contribution in [2.24, 2.45) is 0 Å². The van der Waals surface area contributed by atoms with Gasteiger partial charge in [-0.2, -0.15) is 0 Å². The Bertz CT molecular complexity index is 945. The van der Waals surface area contributed by atoms with Gasteiger partial charge in [-0.25, -0.2) is 8.42 Å². The first-order valence-electron chi connectivity index (χ1n) is 10.4. The summed E-state index contributed by atoms with van der Waals surface area (Å²) in [7, 11) is -1.91. The third-order valence-corrected chi connectivity index (χ3v) is 6.04. The van der Waals surface area contributed by atoms with Gasteiger partial charge in [-0.3, -0.25) is 9.10 Å². The lowest BCUT2D eigenvalue weighted by atomic mass is 10.0. The van der Waals surface area contributed by atoms with E-state index in [0.717, 1.165) is 24.0 Å². The van der Waals surface area contributed by atoms with E-state index in [1.165, 1.54) is 4.31 Å². The molecule has 170 valence electrons. The topological polar surface area (TPSA) is 84.9 Å². The Hall–Kier alpha value is -2.74. The molecule has 2 rings (SSSR count). The summed E-state index contributed by atoms with van der Waals surface area (Å²) in [5, 5.41) is 3.03. The van der Waals surface area contributed by atoms with Crippen molar-refractivity contribution < 1.29 is 22.7 Å². The van der Waals surface area contributed by atoms with Crippen LogP contribution in [-0.4, -0.2) is 40.8 Å². The van der Waals surface area contributed by atoms with Gasteiger partial charge in [0.1, 0.15) is 11.5 Å². The Morgan fingerprint density at radius 2 is 1.77 bits per heavy atom. The first-order chi connectivity index (χ1) is 14.8. The van der Waals surface area contributed by atoms with Crippen LogP contribution in [0, 0.1) is 0 Å². The summed E-state index contributed by atoms with van der Waals surface area (Å²) in [6.07, 6.45) is 2.51. The molecule has 1 atom stereocenters. The van der Waals surface area contributed by atoms with Crippen molar-refractivity contribution in [2.75, 3.05) is 30.8 Å². The first-order valence-corrected chi connectivity index (χ1v) is 12.3. The van der Waals surface area contributed by atoms with Crippen LogP contribution in [0.4, 0.5) is 5.69 Å². The summed E-state index contributed by atoms with van der Waals surface area (Å²) in [4.78, 5) is 12.5. The monoisotopic (exact) mass is 448 g/mol. The van der Waals surface area contributed by atoms with Gasteiger partial charge >= 0.3 is 0 Å². The zero-order chi connectivity index (χ0) is 22.9. The average molecular weight is 449 g/mol. The lowest BCUT2D eigenvalue weighted by Crippen LogP contribution is -2.33. The zero-order valence-corrected chi connectivity index (χ0v) is 19.4. The number of ether oxygens (including phenoxy) is 2. The van der Waals surface area contributed by atoms with Crippen LogP contribution < -0.4 is 19.1 Å². The highest BCUT2D eigenvalue weighted by Gasteiger charge is 2.21. The van der Waals surface area contributed by atoms with E-state index < -0.39 is 10.0 Å². The predicted molar refractivity (Wildman–Crippen MR) is 123 cm³/mol. The van der Waals surface area contributed by atoms with Crippen molar-refractivity contribution >= 4 is 21.6 Å². The third-order valence-electron chi connectivity index (χ3n) is 4.86. The van der Waals surface area contributed by atoms with E-state index in [-0.39, 0.29) is 24.9 Å². The molecule has 0 fully saturated rings. The van der Waals surface area contributed by atoms with Crippen LogP contribution in [0.2, 0.25) is 0 Å². The van der Waals surface area contributed by atoms with Gasteiger partial charge in [0.15, 0.2) is 0 Å². The molecule has 0 spiro atoms. The molecule has 0 radical (unpaired) electrons. The summed E-state index contributed by atoms with van der Waals surface area (Å²) in [5.41, 5.74) is 1.48. The van der Waals surface area contributed by atoms with Gasteiger partial charge in [0.05, 0.1) is 31.7 Å². The molecule has 0 aliphatic carbocycles. The lowest BCUT2D eigenvalue weighted by Gasteiger charge is -2.24. The van der Waals surface area contributed by atoms with Crippen LogP contribution in [0.25, 0.3) is 0 Å². The number of nitrogens with one attached hydrogen (secondary N) is 1. The fraction of sp³-hybridized carbons (Fsp3) is 0.435. The van der Waals surface area contributed by atoms with Crippen molar-refractivity contribution in [1.29, 1.82) is 0 Å². The molecule has 2 aromatic rings. The van der Waals surface area contributed by atoms with Gasteiger partial charge in [0.25, 0.3) is 0 Å². The molecule has 0 aliphatic rings. The number of benzene rings is 2. The Morgan fingerprint density at radius 1 is 1.10 bits per heavy atom. The number of hydrogen-bond donors (Lipinski definition) is 1. The number of rotatable bonds is 12. The minimum absolute atomic E-state index is 0.108. The number of hydrogen-bond acceptors (Lipinski definition) is 5. The van der Waals surface area contributed by atoms with Gasteiger partial charge in [0, 0.05) is 13.0 Å².